The largest absolute Gasteiger partial charge is 0.135 e. The summed E-state index contributed by atoms with van der Waals surface area (Å²) in [6.07, 6.45) is 0. The minimum absolute atomic E-state index is 1.02. The summed E-state index contributed by atoms with van der Waals surface area (Å²) in [6.45, 7) is 0. The average molecular weight is 283 g/mol. The molecule has 0 bridgehead atoms. The van der Waals surface area contributed by atoms with Crippen LogP contribution in [0.4, 0.5) is 0 Å². The van der Waals surface area contributed by atoms with E-state index < -0.39 is 0 Å². The van der Waals surface area contributed by atoms with Gasteiger partial charge in [0.05, 0.1) is 0 Å². The van der Waals surface area contributed by atoms with Crippen LogP contribution in [-0.4, -0.2) is 0 Å². The van der Waals surface area contributed by atoms with Crippen LogP contribution in [0.15, 0.2) is 66.7 Å². The fourth-order valence-electron chi connectivity index (χ4n) is 2.49. The van der Waals surface area contributed by atoms with Crippen LogP contribution in [0.2, 0.25) is 0 Å². The van der Waals surface area contributed by atoms with E-state index in [4.69, 9.17) is 0 Å². The Kier molecular flexibility index (Phi) is 2.96. The topological polar surface area (TPSA) is 0 Å². The Balaban J connectivity index is 1.95. The second kappa shape index (κ2) is 5.09. The van der Waals surface area contributed by atoms with Crippen LogP contribution < -0.4 is 0 Å². The van der Waals surface area contributed by atoms with Crippen molar-refractivity contribution in [3.8, 4) is 11.8 Å². The standard InChI is InChI=1S/C20H11S/c1-2-7-15(8-3-1)13-14-16-9-6-12-19-20(16)17-10-4-5-11-18(17)21-19/h2-12H. The van der Waals surface area contributed by atoms with Gasteiger partial charge >= 0.3 is 0 Å². The summed E-state index contributed by atoms with van der Waals surface area (Å²) in [7, 11) is 0. The molecule has 0 aliphatic carbocycles. The molecular weight excluding hydrogens is 272 g/mol. The second-order valence-corrected chi connectivity index (χ2v) is 5.90. The van der Waals surface area contributed by atoms with Crippen LogP contribution in [0.25, 0.3) is 20.2 Å². The first-order chi connectivity index (χ1) is 10.4. The monoisotopic (exact) mass is 283 g/mol. The Bertz CT molecular complexity index is 982. The molecule has 3 aromatic carbocycles. The lowest BCUT2D eigenvalue weighted by atomic mass is 10.1. The summed E-state index contributed by atoms with van der Waals surface area (Å²) in [4.78, 5) is 0. The highest BCUT2D eigenvalue weighted by molar-refractivity contribution is 7.25. The zero-order chi connectivity index (χ0) is 14.1. The van der Waals surface area contributed by atoms with E-state index >= 15 is 0 Å². The Morgan fingerprint density at radius 2 is 1.57 bits per heavy atom. The van der Waals surface area contributed by atoms with Gasteiger partial charge in [0.1, 0.15) is 0 Å². The minimum Gasteiger partial charge on any atom is -0.135 e. The van der Waals surface area contributed by atoms with E-state index in [0.29, 0.717) is 0 Å². The van der Waals surface area contributed by atoms with Gasteiger partial charge in [0.15, 0.2) is 0 Å². The molecule has 1 radical (unpaired) electrons. The SMILES string of the molecule is C(#Cc1cccc2sc3ccccc3c12)c1cc[c]cc1. The Morgan fingerprint density at radius 1 is 0.762 bits per heavy atom. The number of rotatable bonds is 0. The molecule has 0 nitrogen and oxygen atoms in total. The van der Waals surface area contributed by atoms with Gasteiger partial charge in [-0.25, -0.2) is 0 Å². The van der Waals surface area contributed by atoms with Gasteiger partial charge in [-0.2, -0.15) is 0 Å². The number of benzene rings is 3. The van der Waals surface area contributed by atoms with Crippen LogP contribution in [0.5, 0.6) is 0 Å². The van der Waals surface area contributed by atoms with Gasteiger partial charge in [-0.05, 0) is 36.4 Å². The van der Waals surface area contributed by atoms with Gasteiger partial charge in [0.2, 0.25) is 0 Å². The van der Waals surface area contributed by atoms with Crippen molar-refractivity contribution in [3.05, 3.63) is 83.9 Å². The maximum atomic E-state index is 3.32. The van der Waals surface area contributed by atoms with E-state index in [-0.39, 0.29) is 0 Å². The van der Waals surface area contributed by atoms with E-state index in [0.717, 1.165) is 11.1 Å². The van der Waals surface area contributed by atoms with Crippen molar-refractivity contribution in [2.75, 3.05) is 0 Å². The van der Waals surface area contributed by atoms with Gasteiger partial charge in [0, 0.05) is 31.3 Å². The summed E-state index contributed by atoms with van der Waals surface area (Å²) < 4.78 is 2.61. The van der Waals surface area contributed by atoms with Crippen molar-refractivity contribution >= 4 is 31.5 Å². The van der Waals surface area contributed by atoms with Crippen molar-refractivity contribution in [1.29, 1.82) is 0 Å². The minimum atomic E-state index is 1.02. The smallest absolute Gasteiger partial charge is 0.0367 e. The van der Waals surface area contributed by atoms with Gasteiger partial charge in [-0.1, -0.05) is 48.2 Å². The summed E-state index contributed by atoms with van der Waals surface area (Å²) in [5.41, 5.74) is 2.11. The predicted molar refractivity (Wildman–Crippen MR) is 90.6 cm³/mol. The van der Waals surface area contributed by atoms with E-state index in [1.165, 1.54) is 20.2 Å². The third-order valence-electron chi connectivity index (χ3n) is 3.46. The number of thiophene rings is 1. The molecular formula is C20H11S. The Labute approximate surface area is 127 Å². The fraction of sp³-hybridized carbons (Fsp3) is 0. The highest BCUT2D eigenvalue weighted by Crippen LogP contribution is 2.35. The molecule has 4 rings (SSSR count). The maximum Gasteiger partial charge on any atom is 0.0367 e. The van der Waals surface area contributed by atoms with Gasteiger partial charge in [-0.15, -0.1) is 11.3 Å². The van der Waals surface area contributed by atoms with E-state index in [1.54, 1.807) is 0 Å². The number of hydrogen-bond donors (Lipinski definition) is 0. The third-order valence-corrected chi connectivity index (χ3v) is 4.60. The normalized spacial score (nSPS) is 10.5. The third kappa shape index (κ3) is 2.20. The average Bonchev–Trinajstić information content (AvgIpc) is 2.93. The summed E-state index contributed by atoms with van der Waals surface area (Å²) in [5, 5.41) is 2.57. The van der Waals surface area contributed by atoms with Crippen LogP contribution >= 0.6 is 11.3 Å². The van der Waals surface area contributed by atoms with Crippen LogP contribution in [-0.2, 0) is 0 Å². The summed E-state index contributed by atoms with van der Waals surface area (Å²) in [6, 6.07) is 25.6. The van der Waals surface area contributed by atoms with Crippen molar-refractivity contribution in [3.63, 3.8) is 0 Å². The van der Waals surface area contributed by atoms with E-state index in [9.17, 15) is 0 Å². The molecule has 1 heteroatoms. The van der Waals surface area contributed by atoms with Gasteiger partial charge in [-0.3, -0.25) is 0 Å². The zero-order valence-electron chi connectivity index (χ0n) is 11.3. The highest BCUT2D eigenvalue weighted by atomic mass is 32.1. The molecule has 0 aliphatic heterocycles. The Hall–Kier alpha value is -2.56. The first-order valence-corrected chi connectivity index (χ1v) is 7.62. The maximum absolute atomic E-state index is 3.32. The summed E-state index contributed by atoms with van der Waals surface area (Å²) >= 11 is 1.82. The van der Waals surface area contributed by atoms with Crippen molar-refractivity contribution < 1.29 is 0 Å². The number of hydrogen-bond acceptors (Lipinski definition) is 1. The lowest BCUT2D eigenvalue weighted by Gasteiger charge is -1.96. The quantitative estimate of drug-likeness (QED) is 0.386. The Morgan fingerprint density at radius 3 is 2.48 bits per heavy atom. The lowest BCUT2D eigenvalue weighted by molar-refractivity contribution is 1.63. The molecule has 1 heterocycles. The molecule has 1 aromatic heterocycles. The number of fused-ring (bicyclic) bond motifs is 3. The van der Waals surface area contributed by atoms with Crippen molar-refractivity contribution in [2.45, 2.75) is 0 Å². The van der Waals surface area contributed by atoms with Crippen LogP contribution in [0, 0.1) is 17.9 Å². The molecule has 0 atom stereocenters. The second-order valence-electron chi connectivity index (χ2n) is 4.82. The molecule has 0 amide bonds. The van der Waals surface area contributed by atoms with Crippen LogP contribution in [0.3, 0.4) is 0 Å². The molecule has 0 aliphatic rings. The molecule has 0 N–H and O–H groups in total. The molecule has 0 saturated heterocycles. The molecule has 0 spiro atoms. The van der Waals surface area contributed by atoms with Crippen LogP contribution in [0.1, 0.15) is 11.1 Å². The molecule has 0 fully saturated rings. The van der Waals surface area contributed by atoms with Crippen molar-refractivity contribution in [1.82, 2.24) is 0 Å². The van der Waals surface area contributed by atoms with Gasteiger partial charge in [0.25, 0.3) is 0 Å². The van der Waals surface area contributed by atoms with E-state index in [2.05, 4.69) is 60.4 Å². The molecule has 0 unspecified atom stereocenters. The first kappa shape index (κ1) is 12.2. The molecule has 21 heavy (non-hydrogen) atoms. The predicted octanol–water partition coefficient (Wildman–Crippen LogP) is 5.25. The summed E-state index contributed by atoms with van der Waals surface area (Å²) in [5.74, 6) is 6.57. The highest BCUT2D eigenvalue weighted by Gasteiger charge is 2.06. The first-order valence-electron chi connectivity index (χ1n) is 6.80. The molecule has 0 saturated carbocycles. The lowest BCUT2D eigenvalue weighted by Crippen LogP contribution is -1.77. The molecule has 4 aromatic rings. The fourth-order valence-corrected chi connectivity index (χ4v) is 3.62. The molecule has 97 valence electrons. The zero-order valence-corrected chi connectivity index (χ0v) is 12.1. The van der Waals surface area contributed by atoms with E-state index in [1.807, 2.05) is 35.6 Å². The van der Waals surface area contributed by atoms with Gasteiger partial charge < -0.3 is 0 Å². The van der Waals surface area contributed by atoms with Crippen molar-refractivity contribution in [2.24, 2.45) is 0 Å².